The molecule has 3 nitrogen and oxygen atoms in total. The molecule has 0 saturated carbocycles. The first-order valence-electron chi connectivity index (χ1n) is 6.06. The lowest BCUT2D eigenvalue weighted by Crippen LogP contribution is -2.48. The lowest BCUT2D eigenvalue weighted by atomic mass is 10.0. The van der Waals surface area contributed by atoms with Crippen molar-refractivity contribution < 1.29 is 4.79 Å². The third-order valence-electron chi connectivity index (χ3n) is 3.08. The number of carbonyl (C=O) groups is 1. The Morgan fingerprint density at radius 2 is 2.21 bits per heavy atom. The molecule has 0 unspecified atom stereocenters. The second-order valence-corrected chi connectivity index (χ2v) is 5.85. The van der Waals surface area contributed by atoms with E-state index in [1.807, 2.05) is 18.2 Å². The Labute approximate surface area is 133 Å². The molecule has 0 aliphatic carbocycles. The molecule has 106 valence electrons. The third-order valence-corrected chi connectivity index (χ3v) is 4.09. The Kier molecular flexibility index (Phi) is 7.15. The summed E-state index contributed by atoms with van der Waals surface area (Å²) in [5, 5.41) is 6.85. The number of carbonyl (C=O) groups excluding carboxylic acids is 1. The van der Waals surface area contributed by atoms with Gasteiger partial charge in [-0.25, -0.2) is 0 Å². The highest BCUT2D eigenvalue weighted by atomic mass is 79.9. The van der Waals surface area contributed by atoms with Crippen LogP contribution < -0.4 is 10.6 Å². The predicted octanol–water partition coefficient (Wildman–Crippen LogP) is 2.79. The molecule has 2 N–H and O–H groups in total. The third kappa shape index (κ3) is 5.30. The van der Waals surface area contributed by atoms with Gasteiger partial charge in [-0.1, -0.05) is 27.5 Å². The zero-order valence-corrected chi connectivity index (χ0v) is 13.6. The molecule has 0 bridgehead atoms. The molecule has 1 saturated heterocycles. The predicted molar refractivity (Wildman–Crippen MR) is 84.1 cm³/mol. The Morgan fingerprint density at radius 3 is 2.84 bits per heavy atom. The monoisotopic (exact) mass is 366 g/mol. The molecular weight excluding hydrogens is 351 g/mol. The average molecular weight is 368 g/mol. The van der Waals surface area contributed by atoms with E-state index in [0.717, 1.165) is 29.7 Å². The number of hydrogen-bond donors (Lipinski definition) is 2. The van der Waals surface area contributed by atoms with Crippen LogP contribution in [0.3, 0.4) is 0 Å². The summed E-state index contributed by atoms with van der Waals surface area (Å²) >= 11 is 9.40. The second-order valence-electron chi connectivity index (χ2n) is 4.56. The van der Waals surface area contributed by atoms with Crippen molar-refractivity contribution in [2.45, 2.75) is 12.8 Å². The minimum atomic E-state index is 0. The van der Waals surface area contributed by atoms with Gasteiger partial charge < -0.3 is 10.6 Å². The zero-order valence-electron chi connectivity index (χ0n) is 10.4. The van der Waals surface area contributed by atoms with E-state index in [1.54, 1.807) is 0 Å². The molecule has 19 heavy (non-hydrogen) atoms. The van der Waals surface area contributed by atoms with Crippen LogP contribution in [0.5, 0.6) is 0 Å². The second kappa shape index (κ2) is 8.10. The van der Waals surface area contributed by atoms with Crippen LogP contribution in [0, 0.1) is 5.92 Å². The van der Waals surface area contributed by atoms with Gasteiger partial charge in [0.25, 0.3) is 0 Å². The molecule has 0 radical (unpaired) electrons. The summed E-state index contributed by atoms with van der Waals surface area (Å²) in [6.45, 7) is 2.81. The van der Waals surface area contributed by atoms with Crippen molar-refractivity contribution in [2.75, 3.05) is 19.6 Å². The van der Waals surface area contributed by atoms with Crippen molar-refractivity contribution >= 4 is 45.8 Å². The largest absolute Gasteiger partial charge is 0.356 e. The minimum absolute atomic E-state index is 0. The molecule has 0 atom stereocenters. The molecule has 1 heterocycles. The van der Waals surface area contributed by atoms with Gasteiger partial charge in [0.15, 0.2) is 0 Å². The summed E-state index contributed by atoms with van der Waals surface area (Å²) in [4.78, 5) is 11.7. The van der Waals surface area contributed by atoms with Gasteiger partial charge in [-0.2, -0.15) is 0 Å². The fraction of sp³-hybridized carbons (Fsp3) is 0.462. The van der Waals surface area contributed by atoms with Gasteiger partial charge >= 0.3 is 0 Å². The van der Waals surface area contributed by atoms with E-state index in [1.165, 1.54) is 0 Å². The highest BCUT2D eigenvalue weighted by Crippen LogP contribution is 2.22. The SMILES string of the molecule is Cl.O=C(CCc1cc(Cl)ccc1Br)NCC1CNC1. The summed E-state index contributed by atoms with van der Waals surface area (Å²) in [5.41, 5.74) is 1.07. The number of benzene rings is 1. The van der Waals surface area contributed by atoms with Crippen molar-refractivity contribution in [2.24, 2.45) is 5.92 Å². The maximum atomic E-state index is 11.7. The topological polar surface area (TPSA) is 41.1 Å². The molecule has 0 spiro atoms. The molecule has 2 rings (SSSR count). The summed E-state index contributed by atoms with van der Waals surface area (Å²) in [7, 11) is 0. The van der Waals surface area contributed by atoms with Crippen LogP contribution >= 0.6 is 39.9 Å². The van der Waals surface area contributed by atoms with Crippen molar-refractivity contribution in [3.63, 3.8) is 0 Å². The molecule has 1 amide bonds. The molecular formula is C13H17BrCl2N2O. The van der Waals surface area contributed by atoms with Gasteiger partial charge in [-0.05, 0) is 30.2 Å². The van der Waals surface area contributed by atoms with E-state index < -0.39 is 0 Å². The molecule has 6 heteroatoms. The van der Waals surface area contributed by atoms with E-state index in [2.05, 4.69) is 26.6 Å². The highest BCUT2D eigenvalue weighted by Gasteiger charge is 2.17. The Morgan fingerprint density at radius 1 is 1.47 bits per heavy atom. The van der Waals surface area contributed by atoms with E-state index in [4.69, 9.17) is 11.6 Å². The summed E-state index contributed by atoms with van der Waals surface area (Å²) in [5.74, 6) is 0.709. The van der Waals surface area contributed by atoms with Crippen LogP contribution in [0.4, 0.5) is 0 Å². The van der Waals surface area contributed by atoms with Gasteiger partial charge in [0.1, 0.15) is 0 Å². The first-order valence-corrected chi connectivity index (χ1v) is 7.23. The van der Waals surface area contributed by atoms with Crippen LogP contribution in [-0.2, 0) is 11.2 Å². The number of hydrogen-bond acceptors (Lipinski definition) is 2. The lowest BCUT2D eigenvalue weighted by molar-refractivity contribution is -0.121. The van der Waals surface area contributed by atoms with Crippen LogP contribution in [-0.4, -0.2) is 25.5 Å². The summed E-state index contributed by atoms with van der Waals surface area (Å²) in [6, 6.07) is 5.64. The maximum Gasteiger partial charge on any atom is 0.220 e. The Bertz CT molecular complexity index is 439. The molecule has 1 aromatic rings. The number of rotatable bonds is 5. The fourth-order valence-electron chi connectivity index (χ4n) is 1.82. The first kappa shape index (κ1) is 16.8. The average Bonchev–Trinajstić information content (AvgIpc) is 2.28. The number of nitrogens with one attached hydrogen (secondary N) is 2. The minimum Gasteiger partial charge on any atom is -0.356 e. The van der Waals surface area contributed by atoms with Crippen LogP contribution in [0.2, 0.25) is 5.02 Å². The summed E-state index contributed by atoms with van der Waals surface area (Å²) < 4.78 is 1.00. The van der Waals surface area contributed by atoms with Crippen LogP contribution in [0.1, 0.15) is 12.0 Å². The number of halogens is 3. The fourth-order valence-corrected chi connectivity index (χ4v) is 2.46. The van der Waals surface area contributed by atoms with Crippen LogP contribution in [0.15, 0.2) is 22.7 Å². The molecule has 1 fully saturated rings. The lowest BCUT2D eigenvalue weighted by Gasteiger charge is -2.27. The van der Waals surface area contributed by atoms with E-state index in [-0.39, 0.29) is 18.3 Å². The highest BCUT2D eigenvalue weighted by molar-refractivity contribution is 9.10. The van der Waals surface area contributed by atoms with Gasteiger partial charge in [-0.3, -0.25) is 4.79 Å². The zero-order chi connectivity index (χ0) is 13.0. The van der Waals surface area contributed by atoms with Gasteiger partial charge in [-0.15, -0.1) is 12.4 Å². The van der Waals surface area contributed by atoms with Crippen molar-refractivity contribution in [1.29, 1.82) is 0 Å². The molecule has 1 aliphatic rings. The van der Waals surface area contributed by atoms with Crippen molar-refractivity contribution in [1.82, 2.24) is 10.6 Å². The van der Waals surface area contributed by atoms with Crippen molar-refractivity contribution in [3.05, 3.63) is 33.3 Å². The molecule has 1 aliphatic heterocycles. The quantitative estimate of drug-likeness (QED) is 0.840. The Balaban J connectivity index is 0.00000180. The standard InChI is InChI=1S/C13H16BrClN2O.ClH/c14-12-3-2-11(15)5-10(12)1-4-13(18)17-8-9-6-16-7-9;/h2-3,5,9,16H,1,4,6-8H2,(H,17,18);1H. The first-order chi connectivity index (χ1) is 8.65. The van der Waals surface area contributed by atoms with E-state index >= 15 is 0 Å². The maximum absolute atomic E-state index is 11.7. The summed E-state index contributed by atoms with van der Waals surface area (Å²) in [6.07, 6.45) is 1.20. The van der Waals surface area contributed by atoms with Gasteiger partial charge in [0.05, 0.1) is 0 Å². The van der Waals surface area contributed by atoms with Crippen molar-refractivity contribution in [3.8, 4) is 0 Å². The smallest absolute Gasteiger partial charge is 0.220 e. The number of amides is 1. The number of aryl methyl sites for hydroxylation is 1. The van der Waals surface area contributed by atoms with E-state index in [9.17, 15) is 4.79 Å². The Hall–Kier alpha value is -0.290. The van der Waals surface area contributed by atoms with Gasteiger partial charge in [0, 0.05) is 41.5 Å². The van der Waals surface area contributed by atoms with Crippen LogP contribution in [0.25, 0.3) is 0 Å². The molecule has 0 aromatic heterocycles. The normalized spacial score (nSPS) is 14.4. The molecule has 1 aromatic carbocycles. The van der Waals surface area contributed by atoms with Gasteiger partial charge in [0.2, 0.25) is 5.91 Å². The van der Waals surface area contributed by atoms with E-state index in [0.29, 0.717) is 23.8 Å².